The Morgan fingerprint density at radius 2 is 2.05 bits per heavy atom. The highest BCUT2D eigenvalue weighted by atomic mass is 35.5. The van der Waals surface area contributed by atoms with Crippen molar-refractivity contribution in [1.29, 1.82) is 5.26 Å². The summed E-state index contributed by atoms with van der Waals surface area (Å²) in [5, 5.41) is 21.3. The van der Waals surface area contributed by atoms with Crippen LogP contribution in [0.2, 0.25) is 5.02 Å². The SMILES string of the molecule is CC1CCCC(C#N)(C(C)(O)c2ccc(Cl)cc2)C1. The lowest BCUT2D eigenvalue weighted by molar-refractivity contribution is -0.0720. The summed E-state index contributed by atoms with van der Waals surface area (Å²) in [5.41, 5.74) is -1.06. The first-order chi connectivity index (χ1) is 8.91. The molecule has 0 aromatic heterocycles. The Balaban J connectivity index is 2.41. The molecule has 1 aromatic rings. The maximum absolute atomic E-state index is 11.0. The van der Waals surface area contributed by atoms with Crippen molar-refractivity contribution in [2.24, 2.45) is 11.3 Å². The summed E-state index contributed by atoms with van der Waals surface area (Å²) in [6.07, 6.45) is 3.64. The Kier molecular flexibility index (Phi) is 3.90. The van der Waals surface area contributed by atoms with E-state index in [2.05, 4.69) is 13.0 Å². The van der Waals surface area contributed by atoms with E-state index in [1.165, 1.54) is 0 Å². The van der Waals surface area contributed by atoms with E-state index in [-0.39, 0.29) is 0 Å². The molecule has 2 rings (SSSR count). The Bertz CT molecular complexity index is 488. The van der Waals surface area contributed by atoms with E-state index < -0.39 is 11.0 Å². The van der Waals surface area contributed by atoms with Crippen molar-refractivity contribution in [2.75, 3.05) is 0 Å². The van der Waals surface area contributed by atoms with E-state index in [1.807, 2.05) is 12.1 Å². The number of halogens is 1. The zero-order chi connectivity index (χ0) is 14.1. The highest BCUT2D eigenvalue weighted by molar-refractivity contribution is 6.30. The van der Waals surface area contributed by atoms with Crippen LogP contribution in [-0.4, -0.2) is 5.11 Å². The van der Waals surface area contributed by atoms with Gasteiger partial charge in [-0.2, -0.15) is 5.26 Å². The van der Waals surface area contributed by atoms with Gasteiger partial charge in [-0.1, -0.05) is 43.5 Å². The molecule has 1 fully saturated rings. The third-order valence-electron chi connectivity index (χ3n) is 4.55. The van der Waals surface area contributed by atoms with Gasteiger partial charge in [0.25, 0.3) is 0 Å². The molecular formula is C16H20ClNO. The van der Waals surface area contributed by atoms with Crippen molar-refractivity contribution in [3.63, 3.8) is 0 Å². The molecule has 3 unspecified atom stereocenters. The Labute approximate surface area is 120 Å². The fraction of sp³-hybridized carbons (Fsp3) is 0.562. The van der Waals surface area contributed by atoms with Crippen molar-refractivity contribution < 1.29 is 5.11 Å². The van der Waals surface area contributed by atoms with E-state index in [1.54, 1.807) is 19.1 Å². The van der Waals surface area contributed by atoms with Crippen molar-refractivity contribution in [3.05, 3.63) is 34.9 Å². The van der Waals surface area contributed by atoms with Gasteiger partial charge in [0.05, 0.1) is 11.5 Å². The topological polar surface area (TPSA) is 44.0 Å². The molecule has 1 N–H and O–H groups in total. The second-order valence-corrected chi connectivity index (χ2v) is 6.41. The number of aliphatic hydroxyl groups is 1. The standard InChI is InChI=1S/C16H20ClNO/c1-12-4-3-9-16(10-12,11-18)15(2,19)13-5-7-14(17)8-6-13/h5-8,12,19H,3-4,9-10H2,1-2H3. The zero-order valence-electron chi connectivity index (χ0n) is 11.5. The molecule has 1 saturated carbocycles. The average Bonchev–Trinajstić information content (AvgIpc) is 2.39. The van der Waals surface area contributed by atoms with E-state index in [9.17, 15) is 10.4 Å². The minimum atomic E-state index is -1.14. The molecule has 3 atom stereocenters. The second kappa shape index (κ2) is 5.15. The Morgan fingerprint density at radius 3 is 2.58 bits per heavy atom. The summed E-state index contributed by atoms with van der Waals surface area (Å²) in [7, 11) is 0. The van der Waals surface area contributed by atoms with Crippen molar-refractivity contribution in [1.82, 2.24) is 0 Å². The largest absolute Gasteiger partial charge is 0.384 e. The van der Waals surface area contributed by atoms with E-state index in [4.69, 9.17) is 11.6 Å². The smallest absolute Gasteiger partial charge is 0.105 e. The molecule has 0 radical (unpaired) electrons. The number of hydrogen-bond donors (Lipinski definition) is 1. The molecule has 0 amide bonds. The molecule has 19 heavy (non-hydrogen) atoms. The first-order valence-electron chi connectivity index (χ1n) is 6.81. The van der Waals surface area contributed by atoms with Crippen molar-refractivity contribution in [2.45, 2.75) is 45.1 Å². The molecular weight excluding hydrogens is 258 g/mol. The predicted molar refractivity (Wildman–Crippen MR) is 76.7 cm³/mol. The lowest BCUT2D eigenvalue weighted by atomic mass is 9.60. The van der Waals surface area contributed by atoms with Gasteiger partial charge >= 0.3 is 0 Å². The van der Waals surface area contributed by atoms with Gasteiger partial charge in [-0.05, 0) is 43.4 Å². The average molecular weight is 278 g/mol. The van der Waals surface area contributed by atoms with Crippen LogP contribution in [0, 0.1) is 22.7 Å². The number of rotatable bonds is 2. The quantitative estimate of drug-likeness (QED) is 0.877. The van der Waals surface area contributed by atoms with Crippen LogP contribution < -0.4 is 0 Å². The number of hydrogen-bond acceptors (Lipinski definition) is 2. The third-order valence-corrected chi connectivity index (χ3v) is 4.80. The van der Waals surface area contributed by atoms with Crippen LogP contribution in [0.15, 0.2) is 24.3 Å². The van der Waals surface area contributed by atoms with Crippen LogP contribution in [0.25, 0.3) is 0 Å². The fourth-order valence-electron chi connectivity index (χ4n) is 3.25. The summed E-state index contributed by atoms with van der Waals surface area (Å²) in [6.45, 7) is 3.92. The number of nitriles is 1. The molecule has 1 aliphatic rings. The van der Waals surface area contributed by atoms with Gasteiger partial charge in [0.2, 0.25) is 0 Å². The van der Waals surface area contributed by atoms with E-state index >= 15 is 0 Å². The van der Waals surface area contributed by atoms with Gasteiger partial charge in [0.15, 0.2) is 0 Å². The normalized spacial score (nSPS) is 30.4. The lowest BCUT2D eigenvalue weighted by Crippen LogP contribution is -2.45. The highest BCUT2D eigenvalue weighted by Crippen LogP contribution is 2.51. The predicted octanol–water partition coefficient (Wildman–Crippen LogP) is 4.27. The van der Waals surface area contributed by atoms with Gasteiger partial charge in [-0.15, -0.1) is 0 Å². The molecule has 0 heterocycles. The van der Waals surface area contributed by atoms with Gasteiger partial charge in [-0.3, -0.25) is 0 Å². The summed E-state index contributed by atoms with van der Waals surface area (Å²) in [5.74, 6) is 0.479. The van der Waals surface area contributed by atoms with Crippen LogP contribution in [0.1, 0.15) is 45.1 Å². The van der Waals surface area contributed by atoms with Gasteiger partial charge < -0.3 is 5.11 Å². The van der Waals surface area contributed by atoms with Crippen LogP contribution >= 0.6 is 11.6 Å². The summed E-state index contributed by atoms with van der Waals surface area (Å²) < 4.78 is 0. The molecule has 0 spiro atoms. The monoisotopic (exact) mass is 277 g/mol. The van der Waals surface area contributed by atoms with Crippen molar-refractivity contribution >= 4 is 11.6 Å². The lowest BCUT2D eigenvalue weighted by Gasteiger charge is -2.45. The van der Waals surface area contributed by atoms with Crippen LogP contribution in [-0.2, 0) is 5.60 Å². The maximum Gasteiger partial charge on any atom is 0.105 e. The zero-order valence-corrected chi connectivity index (χ0v) is 12.2. The fourth-order valence-corrected chi connectivity index (χ4v) is 3.38. The van der Waals surface area contributed by atoms with Gasteiger partial charge in [-0.25, -0.2) is 0 Å². The minimum absolute atomic E-state index is 0.479. The summed E-state index contributed by atoms with van der Waals surface area (Å²) in [6, 6.07) is 9.59. The minimum Gasteiger partial charge on any atom is -0.384 e. The summed E-state index contributed by atoms with van der Waals surface area (Å²) in [4.78, 5) is 0. The molecule has 102 valence electrons. The molecule has 0 aliphatic heterocycles. The maximum atomic E-state index is 11.0. The molecule has 0 bridgehead atoms. The first-order valence-corrected chi connectivity index (χ1v) is 7.19. The van der Waals surface area contributed by atoms with Crippen LogP contribution in [0.5, 0.6) is 0 Å². The van der Waals surface area contributed by atoms with Gasteiger partial charge in [0, 0.05) is 5.02 Å². The Morgan fingerprint density at radius 1 is 1.42 bits per heavy atom. The van der Waals surface area contributed by atoms with Gasteiger partial charge in [0.1, 0.15) is 5.60 Å². The van der Waals surface area contributed by atoms with Crippen LogP contribution in [0.4, 0.5) is 0 Å². The highest BCUT2D eigenvalue weighted by Gasteiger charge is 2.50. The molecule has 2 nitrogen and oxygen atoms in total. The first kappa shape index (κ1) is 14.4. The van der Waals surface area contributed by atoms with E-state index in [0.717, 1.165) is 31.2 Å². The number of benzene rings is 1. The molecule has 3 heteroatoms. The Hall–Kier alpha value is -1.04. The van der Waals surface area contributed by atoms with E-state index in [0.29, 0.717) is 10.9 Å². The molecule has 0 saturated heterocycles. The number of nitrogens with zero attached hydrogens (tertiary/aromatic N) is 1. The third kappa shape index (κ3) is 2.50. The second-order valence-electron chi connectivity index (χ2n) is 5.97. The summed E-state index contributed by atoms with van der Waals surface area (Å²) >= 11 is 5.89. The van der Waals surface area contributed by atoms with Crippen molar-refractivity contribution in [3.8, 4) is 6.07 Å². The molecule has 1 aromatic carbocycles. The molecule has 1 aliphatic carbocycles. The van der Waals surface area contributed by atoms with Crippen LogP contribution in [0.3, 0.4) is 0 Å².